The van der Waals surface area contributed by atoms with Gasteiger partial charge < -0.3 is 41.5 Å². The zero-order valence-corrected chi connectivity index (χ0v) is 47.6. The summed E-state index contributed by atoms with van der Waals surface area (Å²) in [5, 5.41) is 42.2. The molecule has 8 N–H and O–H groups in total. The van der Waals surface area contributed by atoms with Crippen molar-refractivity contribution in [3.63, 3.8) is 0 Å². The molecule has 1 aromatic heterocycles. The van der Waals surface area contributed by atoms with Crippen LogP contribution >= 0.6 is 0 Å². The molecule has 0 aliphatic carbocycles. The molecular weight excluding hydrogens is 1030 g/mol. The Balaban J connectivity index is 0.909. The Morgan fingerprint density at radius 1 is 0.667 bits per heavy atom. The second-order valence-electron chi connectivity index (χ2n) is 22.7. The van der Waals surface area contributed by atoms with Gasteiger partial charge in [0.25, 0.3) is 0 Å². The zero-order chi connectivity index (χ0) is 58.4. The van der Waals surface area contributed by atoms with E-state index in [-0.39, 0.29) is 92.1 Å². The van der Waals surface area contributed by atoms with Crippen LogP contribution in [0.2, 0.25) is 0 Å². The number of aryl methyl sites for hydroxylation is 1. The molecule has 0 radical (unpaired) electrons. The van der Waals surface area contributed by atoms with E-state index in [1.807, 2.05) is 131 Å². The van der Waals surface area contributed by atoms with Crippen LogP contribution in [0.3, 0.4) is 0 Å². The van der Waals surface area contributed by atoms with Crippen LogP contribution < -0.4 is 32.3 Å². The maximum atomic E-state index is 14.3. The standard InChI is InChI=1S/C61H80N10O10/c1-38(2)30-48(55(76)61(7)37-81-61)64-59(79)50(32-42-16-12-9-13-17-42)66-58(78)49(31-39(3)4)65-57(77)47(23-20-41-14-10-8-11-15-41)63-53(74)24-25-62-54(75)36-70-28-26-69(27-29-70)35-43-18-21-44(22-19-43)71-56(67-68-60(71)80)46-33-45(40(5)6)51(72)34-52(46)73/h8-19,21-22,33-34,38-40,47-50,72-73H,20,23-32,35-37H2,1-7H3,(H,62,75)(H,63,74)(H,64,79)(H,65,77)(H,66,78)(H,68,80)/t47-,48-,49-,50-,61?/m0/s1. The van der Waals surface area contributed by atoms with Gasteiger partial charge in [0, 0.05) is 58.2 Å². The summed E-state index contributed by atoms with van der Waals surface area (Å²) in [6.07, 6.45) is 1.30. The van der Waals surface area contributed by atoms with Gasteiger partial charge in [-0.25, -0.2) is 14.5 Å². The number of ketones is 1. The summed E-state index contributed by atoms with van der Waals surface area (Å²) in [6.45, 7) is 17.0. The van der Waals surface area contributed by atoms with E-state index in [2.05, 4.69) is 41.7 Å². The number of benzene rings is 4. The summed E-state index contributed by atoms with van der Waals surface area (Å²) in [5.74, 6) is -2.66. The third-order valence-corrected chi connectivity index (χ3v) is 14.7. The number of rotatable bonds is 28. The predicted molar refractivity (Wildman–Crippen MR) is 307 cm³/mol. The minimum atomic E-state index is -1.10. The molecule has 434 valence electrons. The van der Waals surface area contributed by atoms with Crippen molar-refractivity contribution in [2.75, 3.05) is 45.9 Å². The zero-order valence-electron chi connectivity index (χ0n) is 47.6. The van der Waals surface area contributed by atoms with Crippen molar-refractivity contribution in [2.24, 2.45) is 11.8 Å². The number of phenols is 2. The number of Topliss-reactive ketones (excluding diaryl/α,β-unsaturated/α-hetero) is 1. The Kier molecular flexibility index (Phi) is 21.2. The van der Waals surface area contributed by atoms with Gasteiger partial charge in [-0.3, -0.25) is 38.6 Å². The van der Waals surface area contributed by atoms with Crippen LogP contribution in [0.4, 0.5) is 0 Å². The number of phenolic OH excluding ortho intramolecular Hbond substituents is 2. The van der Waals surface area contributed by atoms with Crippen molar-refractivity contribution in [3.05, 3.63) is 130 Å². The van der Waals surface area contributed by atoms with E-state index in [4.69, 9.17) is 4.74 Å². The highest BCUT2D eigenvalue weighted by molar-refractivity contribution is 5.99. The second-order valence-corrected chi connectivity index (χ2v) is 22.7. The smallest absolute Gasteiger partial charge is 0.348 e. The van der Waals surface area contributed by atoms with Crippen LogP contribution in [0, 0.1) is 11.8 Å². The van der Waals surface area contributed by atoms with Crippen molar-refractivity contribution in [1.29, 1.82) is 0 Å². The molecule has 2 aliphatic heterocycles. The van der Waals surface area contributed by atoms with Crippen molar-refractivity contribution in [1.82, 2.24) is 51.1 Å². The Hall–Kier alpha value is -7.68. The quantitative estimate of drug-likeness (QED) is 0.0318. The molecular formula is C61H80N10O10. The number of ether oxygens (including phenoxy) is 1. The maximum absolute atomic E-state index is 14.3. The van der Waals surface area contributed by atoms with Crippen LogP contribution in [-0.4, -0.2) is 146 Å². The van der Waals surface area contributed by atoms with Gasteiger partial charge in [0.05, 0.1) is 30.4 Å². The van der Waals surface area contributed by atoms with Crippen LogP contribution in [0.5, 0.6) is 11.5 Å². The van der Waals surface area contributed by atoms with Gasteiger partial charge in [-0.2, -0.15) is 5.10 Å². The summed E-state index contributed by atoms with van der Waals surface area (Å²) in [5.41, 5.74) is 2.77. The molecule has 81 heavy (non-hydrogen) atoms. The summed E-state index contributed by atoms with van der Waals surface area (Å²) in [4.78, 5) is 100. The van der Waals surface area contributed by atoms with Crippen molar-refractivity contribution in [2.45, 2.75) is 129 Å². The van der Waals surface area contributed by atoms with E-state index in [0.717, 1.165) is 16.7 Å². The summed E-state index contributed by atoms with van der Waals surface area (Å²) < 4.78 is 6.82. The van der Waals surface area contributed by atoms with E-state index in [1.54, 1.807) is 13.0 Å². The maximum Gasteiger partial charge on any atom is 0.348 e. The van der Waals surface area contributed by atoms with Crippen LogP contribution in [0.1, 0.15) is 102 Å². The van der Waals surface area contributed by atoms with Gasteiger partial charge in [-0.1, -0.05) is 114 Å². The Bertz CT molecular complexity index is 3000. The number of aromatic amines is 1. The Morgan fingerprint density at radius 3 is 1.85 bits per heavy atom. The fraction of sp³-hybridized carbons (Fsp3) is 0.475. The SMILES string of the molecule is CC(C)C[C@H](NC(=O)[C@H](CCc1ccccc1)NC(=O)CCNC(=O)CN1CCN(Cc2ccc(-n3c(-c4cc(C(C)C)c(O)cc4O)n[nH]c3=O)cc2)CC1)C(=O)N[C@@H](Cc1ccccc1)C(=O)N[C@@H](CC(C)C)C(=O)C1(C)CO1. The molecule has 0 saturated carbocycles. The van der Waals surface area contributed by atoms with Crippen molar-refractivity contribution < 1.29 is 43.7 Å². The number of piperazine rings is 1. The molecule has 0 spiro atoms. The lowest BCUT2D eigenvalue weighted by Gasteiger charge is -2.34. The summed E-state index contributed by atoms with van der Waals surface area (Å²) in [6, 6.07) is 25.1. The lowest BCUT2D eigenvalue weighted by atomic mass is 9.93. The minimum Gasteiger partial charge on any atom is -0.508 e. The van der Waals surface area contributed by atoms with E-state index in [9.17, 15) is 43.8 Å². The number of amides is 5. The fourth-order valence-corrected chi connectivity index (χ4v) is 10.0. The molecule has 5 atom stereocenters. The first-order chi connectivity index (χ1) is 38.7. The van der Waals surface area contributed by atoms with E-state index >= 15 is 0 Å². The lowest BCUT2D eigenvalue weighted by molar-refractivity contribution is -0.135. The number of carbonyl (C=O) groups is 6. The molecule has 5 amide bonds. The number of H-pyrrole nitrogens is 1. The molecule has 2 fully saturated rings. The van der Waals surface area contributed by atoms with E-state index < -0.39 is 59.1 Å². The number of epoxide rings is 1. The van der Waals surface area contributed by atoms with E-state index in [1.165, 1.54) is 10.6 Å². The predicted octanol–water partition coefficient (Wildman–Crippen LogP) is 4.65. The summed E-state index contributed by atoms with van der Waals surface area (Å²) >= 11 is 0. The molecule has 0 bridgehead atoms. The number of aromatic hydroxyl groups is 2. The minimum absolute atomic E-state index is 0.0354. The lowest BCUT2D eigenvalue weighted by Crippen LogP contribution is -2.59. The van der Waals surface area contributed by atoms with Crippen LogP contribution in [0.15, 0.2) is 102 Å². The molecule has 7 rings (SSSR count). The van der Waals surface area contributed by atoms with E-state index in [0.29, 0.717) is 62.4 Å². The van der Waals surface area contributed by atoms with Gasteiger partial charge in [0.15, 0.2) is 11.6 Å². The highest BCUT2D eigenvalue weighted by Crippen LogP contribution is 2.37. The first kappa shape index (κ1) is 61.0. The number of nitrogens with one attached hydrogen (secondary N) is 6. The third kappa shape index (κ3) is 17.4. The molecule has 5 aromatic rings. The fourth-order valence-electron chi connectivity index (χ4n) is 10.0. The molecule has 2 saturated heterocycles. The average molecular weight is 1110 g/mol. The average Bonchev–Trinajstić information content (AvgIpc) is 4.23. The Labute approximate surface area is 473 Å². The molecule has 1 unspecified atom stereocenters. The first-order valence-electron chi connectivity index (χ1n) is 28.2. The normalized spacial score (nSPS) is 17.0. The topological polar surface area (TPSA) is 273 Å². The molecule has 20 heteroatoms. The van der Waals surface area contributed by atoms with Crippen LogP contribution in [0.25, 0.3) is 17.1 Å². The first-order valence-corrected chi connectivity index (χ1v) is 28.2. The molecule has 20 nitrogen and oxygen atoms in total. The third-order valence-electron chi connectivity index (χ3n) is 14.7. The monoisotopic (exact) mass is 1110 g/mol. The number of hydrogen-bond acceptors (Lipinski definition) is 13. The molecule has 2 aliphatic rings. The van der Waals surface area contributed by atoms with Gasteiger partial charge >= 0.3 is 5.69 Å². The number of carbonyl (C=O) groups excluding carboxylic acids is 6. The van der Waals surface area contributed by atoms with Gasteiger partial charge in [-0.15, -0.1) is 0 Å². The molecule has 4 aromatic carbocycles. The van der Waals surface area contributed by atoms with Crippen molar-refractivity contribution in [3.8, 4) is 28.6 Å². The molecule has 3 heterocycles. The van der Waals surface area contributed by atoms with Crippen molar-refractivity contribution >= 4 is 35.3 Å². The highest BCUT2D eigenvalue weighted by atomic mass is 16.6. The number of hydrogen-bond donors (Lipinski definition) is 8. The Morgan fingerprint density at radius 2 is 1.23 bits per heavy atom. The van der Waals surface area contributed by atoms with Gasteiger partial charge in [0.2, 0.25) is 29.5 Å². The van der Waals surface area contributed by atoms with Gasteiger partial charge in [0.1, 0.15) is 35.2 Å². The number of nitrogens with zero attached hydrogens (tertiary/aromatic N) is 4. The summed E-state index contributed by atoms with van der Waals surface area (Å²) in [7, 11) is 0. The van der Waals surface area contributed by atoms with Gasteiger partial charge in [-0.05, 0) is 90.8 Å². The highest BCUT2D eigenvalue weighted by Gasteiger charge is 2.50. The largest absolute Gasteiger partial charge is 0.508 e. The second kappa shape index (κ2) is 28.1. The number of aromatic nitrogens is 3. The van der Waals surface area contributed by atoms with Crippen LogP contribution in [-0.2, 0) is 52.9 Å².